The normalized spacial score (nSPS) is 10.4. The highest BCUT2D eigenvalue weighted by atomic mass is 16.5. The summed E-state index contributed by atoms with van der Waals surface area (Å²) in [5.74, 6) is 1.06. The zero-order valence-electron chi connectivity index (χ0n) is 8.45. The van der Waals surface area contributed by atoms with Crippen LogP contribution >= 0.6 is 0 Å². The van der Waals surface area contributed by atoms with E-state index in [-0.39, 0.29) is 12.2 Å². The smallest absolute Gasteiger partial charge is 0.234 e. The molecule has 14 heavy (non-hydrogen) atoms. The number of hydrogen-bond acceptors (Lipinski definition) is 5. The van der Waals surface area contributed by atoms with E-state index in [0.717, 1.165) is 12.8 Å². The molecule has 0 fully saturated rings. The van der Waals surface area contributed by atoms with Gasteiger partial charge < -0.3 is 9.26 Å². The van der Waals surface area contributed by atoms with Gasteiger partial charge in [-0.05, 0) is 13.3 Å². The molecule has 0 N–H and O–H groups in total. The average molecular weight is 198 g/mol. The number of Topliss-reactive ketones (excluding diaryl/α,β-unsaturated/α-hetero) is 1. The highest BCUT2D eigenvalue weighted by Gasteiger charge is 2.07. The molecule has 0 radical (unpaired) electrons. The Kier molecular flexibility index (Phi) is 4.25. The van der Waals surface area contributed by atoms with Crippen molar-refractivity contribution >= 4 is 5.78 Å². The molecule has 0 aliphatic carbocycles. The van der Waals surface area contributed by atoms with Gasteiger partial charge in [-0.15, -0.1) is 0 Å². The first-order valence-corrected chi connectivity index (χ1v) is 4.52. The second-order valence-electron chi connectivity index (χ2n) is 3.08. The Bertz CT molecular complexity index is 296. The first kappa shape index (κ1) is 10.8. The summed E-state index contributed by atoms with van der Waals surface area (Å²) in [6.45, 7) is 2.17. The minimum atomic E-state index is 0.0251. The summed E-state index contributed by atoms with van der Waals surface area (Å²) in [6.07, 6.45) is 1.79. The fourth-order valence-electron chi connectivity index (χ4n) is 1.05. The van der Waals surface area contributed by atoms with Gasteiger partial charge in [0, 0.05) is 20.1 Å². The van der Waals surface area contributed by atoms with E-state index in [1.165, 1.54) is 6.92 Å². The molecule has 0 saturated carbocycles. The van der Waals surface area contributed by atoms with E-state index < -0.39 is 0 Å². The van der Waals surface area contributed by atoms with Crippen LogP contribution in [0.4, 0.5) is 0 Å². The molecule has 0 amide bonds. The second-order valence-corrected chi connectivity index (χ2v) is 3.08. The van der Waals surface area contributed by atoms with Crippen molar-refractivity contribution in [1.29, 1.82) is 0 Å². The van der Waals surface area contributed by atoms with Crippen molar-refractivity contribution in [2.75, 3.05) is 13.7 Å². The Hall–Kier alpha value is -1.23. The molecule has 0 aromatic carbocycles. The molecule has 1 aromatic rings. The fourth-order valence-corrected chi connectivity index (χ4v) is 1.05. The van der Waals surface area contributed by atoms with Crippen LogP contribution in [0, 0.1) is 0 Å². The Balaban J connectivity index is 2.38. The zero-order chi connectivity index (χ0) is 10.4. The number of carbonyl (C=O) groups excluding carboxylic acids is 1. The maximum Gasteiger partial charge on any atom is 0.234 e. The lowest BCUT2D eigenvalue weighted by Crippen LogP contribution is -1.97. The summed E-state index contributed by atoms with van der Waals surface area (Å²) in [7, 11) is 1.65. The van der Waals surface area contributed by atoms with Crippen molar-refractivity contribution in [1.82, 2.24) is 10.1 Å². The number of aryl methyl sites for hydroxylation is 1. The molecule has 0 aliphatic rings. The monoisotopic (exact) mass is 198 g/mol. The third-order valence-corrected chi connectivity index (χ3v) is 1.66. The molecular weight excluding hydrogens is 184 g/mol. The van der Waals surface area contributed by atoms with Gasteiger partial charge in [0.1, 0.15) is 5.78 Å². The predicted molar refractivity (Wildman–Crippen MR) is 48.9 cm³/mol. The van der Waals surface area contributed by atoms with Gasteiger partial charge >= 0.3 is 0 Å². The van der Waals surface area contributed by atoms with Gasteiger partial charge in [-0.3, -0.25) is 4.79 Å². The summed E-state index contributed by atoms with van der Waals surface area (Å²) in [6, 6.07) is 0. The third-order valence-electron chi connectivity index (χ3n) is 1.66. The Morgan fingerprint density at radius 1 is 1.57 bits per heavy atom. The van der Waals surface area contributed by atoms with Crippen LogP contribution in [0.1, 0.15) is 25.1 Å². The van der Waals surface area contributed by atoms with Crippen molar-refractivity contribution in [2.24, 2.45) is 0 Å². The molecule has 78 valence electrons. The minimum Gasteiger partial charge on any atom is -0.385 e. The van der Waals surface area contributed by atoms with E-state index in [2.05, 4.69) is 10.1 Å². The van der Waals surface area contributed by atoms with Crippen LogP contribution in [-0.2, 0) is 22.4 Å². The Morgan fingerprint density at radius 2 is 2.36 bits per heavy atom. The lowest BCUT2D eigenvalue weighted by Gasteiger charge is -1.92. The maximum absolute atomic E-state index is 10.7. The van der Waals surface area contributed by atoms with Crippen molar-refractivity contribution in [2.45, 2.75) is 26.2 Å². The van der Waals surface area contributed by atoms with Gasteiger partial charge in [0.05, 0.1) is 6.42 Å². The van der Waals surface area contributed by atoms with E-state index in [9.17, 15) is 4.79 Å². The van der Waals surface area contributed by atoms with Gasteiger partial charge in [0.25, 0.3) is 0 Å². The molecule has 0 unspecified atom stereocenters. The molecule has 0 bridgehead atoms. The Morgan fingerprint density at radius 3 is 3.00 bits per heavy atom. The molecule has 0 saturated heterocycles. The molecule has 1 heterocycles. The van der Waals surface area contributed by atoms with E-state index in [1.807, 2.05) is 0 Å². The highest BCUT2D eigenvalue weighted by Crippen LogP contribution is 2.01. The number of ketones is 1. The summed E-state index contributed by atoms with van der Waals surface area (Å²) in [5.41, 5.74) is 0. The molecular formula is C9H14N2O3. The molecule has 5 nitrogen and oxygen atoms in total. The maximum atomic E-state index is 10.7. The molecule has 5 heteroatoms. The van der Waals surface area contributed by atoms with Gasteiger partial charge in [-0.2, -0.15) is 4.98 Å². The summed E-state index contributed by atoms with van der Waals surface area (Å²) >= 11 is 0. The molecule has 1 rings (SSSR count). The Labute approximate surface area is 82.4 Å². The van der Waals surface area contributed by atoms with Crippen molar-refractivity contribution in [3.05, 3.63) is 11.7 Å². The van der Waals surface area contributed by atoms with Crippen LogP contribution in [0.25, 0.3) is 0 Å². The zero-order valence-corrected chi connectivity index (χ0v) is 8.45. The largest absolute Gasteiger partial charge is 0.385 e. The molecule has 0 atom stereocenters. The first-order valence-electron chi connectivity index (χ1n) is 4.52. The van der Waals surface area contributed by atoms with E-state index in [4.69, 9.17) is 9.26 Å². The fraction of sp³-hybridized carbons (Fsp3) is 0.667. The lowest BCUT2D eigenvalue weighted by atomic mass is 10.3. The first-order chi connectivity index (χ1) is 6.72. The van der Waals surface area contributed by atoms with Gasteiger partial charge in [-0.1, -0.05) is 5.16 Å². The average Bonchev–Trinajstić information content (AvgIpc) is 2.52. The quantitative estimate of drug-likeness (QED) is 0.632. The lowest BCUT2D eigenvalue weighted by molar-refractivity contribution is -0.116. The summed E-state index contributed by atoms with van der Waals surface area (Å²) in [5, 5.41) is 3.75. The van der Waals surface area contributed by atoms with Gasteiger partial charge in [0.2, 0.25) is 5.89 Å². The number of aromatic nitrogens is 2. The number of methoxy groups -OCH3 is 1. The second kappa shape index (κ2) is 5.49. The van der Waals surface area contributed by atoms with Crippen LogP contribution < -0.4 is 0 Å². The van der Waals surface area contributed by atoms with E-state index in [1.54, 1.807) is 7.11 Å². The van der Waals surface area contributed by atoms with Gasteiger partial charge in [-0.25, -0.2) is 0 Å². The van der Waals surface area contributed by atoms with E-state index >= 15 is 0 Å². The standard InChI is InChI=1S/C9H14N2O3/c1-7(12)6-9-10-8(11-14-9)4-3-5-13-2/h3-6H2,1-2H3. The minimum absolute atomic E-state index is 0.0251. The number of nitrogens with zero attached hydrogens (tertiary/aromatic N) is 2. The number of carbonyl (C=O) groups is 1. The van der Waals surface area contributed by atoms with E-state index in [0.29, 0.717) is 18.3 Å². The number of hydrogen-bond donors (Lipinski definition) is 0. The summed E-state index contributed by atoms with van der Waals surface area (Å²) < 4.78 is 9.78. The van der Waals surface area contributed by atoms with Crippen LogP contribution in [0.2, 0.25) is 0 Å². The number of ether oxygens (including phenoxy) is 1. The van der Waals surface area contributed by atoms with Crippen molar-refractivity contribution in [3.63, 3.8) is 0 Å². The molecule has 0 aliphatic heterocycles. The topological polar surface area (TPSA) is 65.2 Å². The SMILES string of the molecule is COCCCc1noc(CC(C)=O)n1. The van der Waals surface area contributed by atoms with Crippen LogP contribution in [0.3, 0.4) is 0 Å². The number of rotatable bonds is 6. The molecule has 0 spiro atoms. The third kappa shape index (κ3) is 3.66. The van der Waals surface area contributed by atoms with Crippen LogP contribution in [0.15, 0.2) is 4.52 Å². The van der Waals surface area contributed by atoms with Crippen molar-refractivity contribution in [3.8, 4) is 0 Å². The van der Waals surface area contributed by atoms with Gasteiger partial charge in [0.15, 0.2) is 5.82 Å². The molecule has 1 aromatic heterocycles. The highest BCUT2D eigenvalue weighted by molar-refractivity contribution is 5.77. The van der Waals surface area contributed by atoms with Crippen LogP contribution in [0.5, 0.6) is 0 Å². The summed E-state index contributed by atoms with van der Waals surface area (Å²) in [4.78, 5) is 14.8. The van der Waals surface area contributed by atoms with Crippen LogP contribution in [-0.4, -0.2) is 29.6 Å². The van der Waals surface area contributed by atoms with Crippen molar-refractivity contribution < 1.29 is 14.1 Å². The predicted octanol–water partition coefficient (Wildman–Crippen LogP) is 0.780.